The molecule has 9 heteroatoms. The maximum absolute atomic E-state index is 11.3. The Bertz CT molecular complexity index is 667. The zero-order valence-electron chi connectivity index (χ0n) is 8.21. The van der Waals surface area contributed by atoms with Crippen LogP contribution in [0.5, 0.6) is 5.75 Å². The molecule has 0 amide bonds. The van der Waals surface area contributed by atoms with E-state index in [1.54, 1.807) is 0 Å². The highest BCUT2D eigenvalue weighted by Crippen LogP contribution is 2.26. The minimum atomic E-state index is -0.815. The Hall–Kier alpha value is -2.84. The van der Waals surface area contributed by atoms with Crippen LogP contribution >= 0.6 is 0 Å². The van der Waals surface area contributed by atoms with E-state index in [2.05, 4.69) is 0 Å². The van der Waals surface area contributed by atoms with E-state index in [0.717, 1.165) is 12.1 Å². The predicted octanol–water partition coefficient (Wildman–Crippen LogP) is -0.532. The van der Waals surface area contributed by atoms with Crippen molar-refractivity contribution in [1.29, 1.82) is 0 Å². The first kappa shape index (κ1) is 10.7. The van der Waals surface area contributed by atoms with Gasteiger partial charge in [0, 0.05) is 6.07 Å². The molecule has 0 radical (unpaired) electrons. The highest BCUT2D eigenvalue weighted by atomic mass is 16.6. The average Bonchev–Trinajstić information content (AvgIpc) is 2.59. The molecule has 2 aromatic rings. The van der Waals surface area contributed by atoms with Crippen LogP contribution in [0.15, 0.2) is 27.8 Å². The summed E-state index contributed by atoms with van der Waals surface area (Å²) in [6, 6.07) is 3.18. The number of nitro benzene ring substituents is 1. The zero-order chi connectivity index (χ0) is 12.6. The highest BCUT2D eigenvalue weighted by Gasteiger charge is 2.16. The molecule has 0 unspecified atom stereocenters. The molecule has 0 atom stereocenters. The van der Waals surface area contributed by atoms with Gasteiger partial charge >= 0.3 is 17.1 Å². The van der Waals surface area contributed by atoms with Gasteiger partial charge in [0.25, 0.3) is 0 Å². The van der Waals surface area contributed by atoms with Crippen LogP contribution in [0.25, 0.3) is 5.69 Å². The standard InChI is InChI=1S/C8H6N4O5/c13-6-2-1-4(3-5(6)12(16)17)11-7(14)9-10-8(11)15/h1-3,13H,(H,9,14)(H,10,15). The molecule has 1 aromatic heterocycles. The molecule has 0 saturated heterocycles. The number of aromatic nitrogens is 3. The topological polar surface area (TPSA) is 134 Å². The summed E-state index contributed by atoms with van der Waals surface area (Å²) in [4.78, 5) is 32.3. The van der Waals surface area contributed by atoms with Gasteiger partial charge in [-0.25, -0.2) is 24.4 Å². The maximum Gasteiger partial charge on any atom is 0.348 e. The fraction of sp³-hybridized carbons (Fsp3) is 0. The number of rotatable bonds is 2. The van der Waals surface area contributed by atoms with Gasteiger partial charge in [-0.05, 0) is 12.1 Å². The van der Waals surface area contributed by atoms with Gasteiger partial charge in [0.1, 0.15) is 0 Å². The molecule has 0 saturated carbocycles. The minimum absolute atomic E-state index is 0.0120. The molecule has 9 nitrogen and oxygen atoms in total. The monoisotopic (exact) mass is 238 g/mol. The normalized spacial score (nSPS) is 10.4. The SMILES string of the molecule is O=c1[nH][nH]c(=O)n1-c1ccc(O)c([N+](=O)[O-])c1. The van der Waals surface area contributed by atoms with Crippen LogP contribution < -0.4 is 11.4 Å². The third kappa shape index (κ3) is 1.69. The first-order chi connectivity index (χ1) is 8.00. The first-order valence-corrected chi connectivity index (χ1v) is 4.38. The van der Waals surface area contributed by atoms with E-state index in [1.807, 2.05) is 10.2 Å². The number of hydrogen-bond acceptors (Lipinski definition) is 5. The Labute approximate surface area is 92.1 Å². The van der Waals surface area contributed by atoms with E-state index in [4.69, 9.17) is 0 Å². The van der Waals surface area contributed by atoms with Gasteiger partial charge in [-0.1, -0.05) is 0 Å². The first-order valence-electron chi connectivity index (χ1n) is 4.38. The number of nitrogens with one attached hydrogen (secondary N) is 2. The molecule has 3 N–H and O–H groups in total. The summed E-state index contributed by atoms with van der Waals surface area (Å²) in [5.74, 6) is -0.543. The highest BCUT2D eigenvalue weighted by molar-refractivity contribution is 5.52. The van der Waals surface area contributed by atoms with Crippen molar-refractivity contribution in [2.75, 3.05) is 0 Å². The second-order valence-corrected chi connectivity index (χ2v) is 3.13. The molecule has 0 aliphatic heterocycles. The molecule has 0 aliphatic rings. The summed E-state index contributed by atoms with van der Waals surface area (Å²) >= 11 is 0. The maximum atomic E-state index is 11.3. The molecular formula is C8H6N4O5. The molecule has 2 rings (SSSR count). The van der Waals surface area contributed by atoms with Crippen molar-refractivity contribution in [3.8, 4) is 11.4 Å². The lowest BCUT2D eigenvalue weighted by atomic mass is 10.2. The number of phenols is 1. The molecule has 0 bridgehead atoms. The molecule has 1 heterocycles. The summed E-state index contributed by atoms with van der Waals surface area (Å²) in [6.07, 6.45) is 0. The Morgan fingerprint density at radius 1 is 1.24 bits per heavy atom. The molecule has 17 heavy (non-hydrogen) atoms. The lowest BCUT2D eigenvalue weighted by Crippen LogP contribution is -2.24. The van der Waals surface area contributed by atoms with Gasteiger partial charge in [-0.15, -0.1) is 0 Å². The molecule has 88 valence electrons. The lowest BCUT2D eigenvalue weighted by molar-refractivity contribution is -0.385. The molecule has 0 aliphatic carbocycles. The fourth-order valence-corrected chi connectivity index (χ4v) is 1.34. The van der Waals surface area contributed by atoms with Gasteiger partial charge in [-0.2, -0.15) is 0 Å². The number of aromatic hydroxyl groups is 1. The van der Waals surface area contributed by atoms with E-state index in [-0.39, 0.29) is 5.69 Å². The molecule has 0 spiro atoms. The van der Waals surface area contributed by atoms with E-state index in [1.165, 1.54) is 6.07 Å². The van der Waals surface area contributed by atoms with E-state index < -0.39 is 27.7 Å². The van der Waals surface area contributed by atoms with Crippen molar-refractivity contribution in [1.82, 2.24) is 14.8 Å². The van der Waals surface area contributed by atoms with Gasteiger partial charge < -0.3 is 5.11 Å². The molecular weight excluding hydrogens is 232 g/mol. The van der Waals surface area contributed by atoms with Crippen LogP contribution in [-0.4, -0.2) is 24.8 Å². The Morgan fingerprint density at radius 3 is 2.35 bits per heavy atom. The van der Waals surface area contributed by atoms with Crippen LogP contribution in [0.1, 0.15) is 0 Å². The van der Waals surface area contributed by atoms with Gasteiger partial charge in [0.2, 0.25) is 0 Å². The quantitative estimate of drug-likeness (QED) is 0.477. The number of aromatic amines is 2. The summed E-state index contributed by atoms with van der Waals surface area (Å²) in [5, 5.41) is 23.9. The number of nitro groups is 1. The Balaban J connectivity index is 2.70. The van der Waals surface area contributed by atoms with Crippen LogP contribution in [0.2, 0.25) is 0 Å². The lowest BCUT2D eigenvalue weighted by Gasteiger charge is -2.00. The predicted molar refractivity (Wildman–Crippen MR) is 55.3 cm³/mol. The third-order valence-electron chi connectivity index (χ3n) is 2.10. The van der Waals surface area contributed by atoms with E-state index in [9.17, 15) is 24.8 Å². The smallest absolute Gasteiger partial charge is 0.348 e. The summed E-state index contributed by atoms with van der Waals surface area (Å²) < 4.78 is 0.673. The van der Waals surface area contributed by atoms with Crippen molar-refractivity contribution in [3.63, 3.8) is 0 Å². The fourth-order valence-electron chi connectivity index (χ4n) is 1.34. The largest absolute Gasteiger partial charge is 0.502 e. The molecule has 1 aromatic carbocycles. The van der Waals surface area contributed by atoms with Crippen molar-refractivity contribution >= 4 is 5.69 Å². The minimum Gasteiger partial charge on any atom is -0.502 e. The number of benzene rings is 1. The number of H-pyrrole nitrogens is 2. The summed E-state index contributed by atoms with van der Waals surface area (Å²) in [5.41, 5.74) is -2.11. The van der Waals surface area contributed by atoms with Crippen molar-refractivity contribution in [3.05, 3.63) is 49.3 Å². The summed E-state index contributed by atoms with van der Waals surface area (Å²) in [6.45, 7) is 0. The number of hydrogen-bond donors (Lipinski definition) is 3. The van der Waals surface area contributed by atoms with Crippen LogP contribution in [0.3, 0.4) is 0 Å². The van der Waals surface area contributed by atoms with Crippen molar-refractivity contribution in [2.24, 2.45) is 0 Å². The Morgan fingerprint density at radius 2 is 1.82 bits per heavy atom. The zero-order valence-corrected chi connectivity index (χ0v) is 8.21. The van der Waals surface area contributed by atoms with E-state index in [0.29, 0.717) is 4.57 Å². The summed E-state index contributed by atoms with van der Waals surface area (Å²) in [7, 11) is 0. The van der Waals surface area contributed by atoms with Crippen LogP contribution in [0.4, 0.5) is 5.69 Å². The Kier molecular flexibility index (Phi) is 2.28. The van der Waals surface area contributed by atoms with Gasteiger partial charge in [0.15, 0.2) is 5.75 Å². The van der Waals surface area contributed by atoms with Crippen LogP contribution in [-0.2, 0) is 0 Å². The average molecular weight is 238 g/mol. The second-order valence-electron chi connectivity index (χ2n) is 3.13. The van der Waals surface area contributed by atoms with E-state index >= 15 is 0 Å². The van der Waals surface area contributed by atoms with Gasteiger partial charge in [-0.3, -0.25) is 10.1 Å². The van der Waals surface area contributed by atoms with Gasteiger partial charge in [0.05, 0.1) is 10.6 Å². The molecule has 0 fully saturated rings. The number of phenolic OH excluding ortho intramolecular Hbond substituents is 1. The number of nitrogens with zero attached hydrogens (tertiary/aromatic N) is 2. The third-order valence-corrected chi connectivity index (χ3v) is 2.10. The van der Waals surface area contributed by atoms with Crippen LogP contribution in [0, 0.1) is 10.1 Å². The van der Waals surface area contributed by atoms with Crippen molar-refractivity contribution < 1.29 is 10.0 Å². The van der Waals surface area contributed by atoms with Crippen molar-refractivity contribution in [2.45, 2.75) is 0 Å². The second kappa shape index (κ2) is 3.63.